The quantitative estimate of drug-likeness (QED) is 0.0986. The van der Waals surface area contributed by atoms with E-state index >= 15 is 0 Å². The number of aromatic amines is 1. The van der Waals surface area contributed by atoms with Gasteiger partial charge in [0, 0.05) is 34.5 Å². The van der Waals surface area contributed by atoms with Crippen molar-refractivity contribution in [2.75, 3.05) is 0 Å². The molecule has 12 aromatic carbocycles. The molecule has 13 rings (SSSR count). The average molecular weight is 851 g/mol. The largest absolute Gasteiger partial charge is 0.864 e. The van der Waals surface area contributed by atoms with E-state index in [1.54, 1.807) is 0 Å². The monoisotopic (exact) mass is 850 g/mol. The first-order valence-electron chi connectivity index (χ1n) is 22.6. The number of hydrogen-bond acceptors (Lipinski definition) is 4. The number of fused-ring (bicyclic) bond motifs is 12. The molecule has 0 saturated heterocycles. The number of H-pyrrole nitrogens is 1. The molecule has 0 unspecified atom stereocenters. The molecule has 1 heterocycles. The summed E-state index contributed by atoms with van der Waals surface area (Å²) in [7, 11) is -1.16. The van der Waals surface area contributed by atoms with Crippen LogP contribution in [0.1, 0.15) is 18.4 Å². The fourth-order valence-corrected chi connectivity index (χ4v) is 9.63. The summed E-state index contributed by atoms with van der Waals surface area (Å²) in [5.74, 6) is 3.10. The predicted octanol–water partition coefficient (Wildman–Crippen LogP) is 15.9. The Balaban J connectivity index is 0.000000519. The van der Waals surface area contributed by atoms with Gasteiger partial charge in [0.05, 0.1) is 0 Å². The highest BCUT2D eigenvalue weighted by molar-refractivity contribution is 6.41. The van der Waals surface area contributed by atoms with Gasteiger partial charge in [0.2, 0.25) is 0 Å². The molecule has 0 fully saturated rings. The Bertz CT molecular complexity index is 3630. The molecule has 0 amide bonds. The number of imidazole rings is 1. The smallest absolute Gasteiger partial charge is 0.489 e. The molecule has 13 aromatic rings. The zero-order valence-corrected chi connectivity index (χ0v) is 36.6. The fraction of sp³-hybridized carbons (Fsp3) is 0.0500. The number of hydrogen-bond donors (Lipinski definition) is 1. The van der Waals surface area contributed by atoms with Gasteiger partial charge < -0.3 is 18.9 Å². The van der Waals surface area contributed by atoms with E-state index in [-0.39, 0.29) is 0 Å². The Morgan fingerprint density at radius 2 is 0.697 bits per heavy atom. The summed E-state index contributed by atoms with van der Waals surface area (Å²) in [6, 6.07) is 70.6. The minimum Gasteiger partial charge on any atom is -0.489 e. The van der Waals surface area contributed by atoms with Crippen LogP contribution in [0.25, 0.3) is 97.0 Å². The molecule has 6 heteroatoms. The topological polar surface area (TPSA) is 56.4 Å². The van der Waals surface area contributed by atoms with Crippen molar-refractivity contribution in [3.8, 4) is 17.2 Å². The minimum atomic E-state index is -1.16. The zero-order valence-electron chi connectivity index (χ0n) is 36.6. The van der Waals surface area contributed by atoms with Crippen molar-refractivity contribution in [1.82, 2.24) is 9.97 Å². The van der Waals surface area contributed by atoms with Gasteiger partial charge in [0.15, 0.2) is 0 Å². The van der Waals surface area contributed by atoms with Crippen LogP contribution in [0.3, 0.4) is 0 Å². The second-order valence-corrected chi connectivity index (χ2v) is 17.0. The van der Waals surface area contributed by atoms with Gasteiger partial charge in [-0.1, -0.05) is 153 Å². The molecule has 5 nitrogen and oxygen atoms in total. The van der Waals surface area contributed by atoms with Gasteiger partial charge in [0.25, 0.3) is 0 Å². The van der Waals surface area contributed by atoms with Crippen LogP contribution in [0.2, 0.25) is 0 Å². The van der Waals surface area contributed by atoms with Crippen LogP contribution in [-0.2, 0) is 6.42 Å². The van der Waals surface area contributed by atoms with Crippen LogP contribution in [-0.4, -0.2) is 17.3 Å². The molecule has 0 aliphatic heterocycles. The van der Waals surface area contributed by atoms with Crippen molar-refractivity contribution in [1.29, 1.82) is 0 Å². The Morgan fingerprint density at radius 3 is 1.00 bits per heavy atom. The highest BCUT2D eigenvalue weighted by atomic mass is 16.7. The normalized spacial score (nSPS) is 11.5. The minimum absolute atomic E-state index is 0.676. The van der Waals surface area contributed by atoms with E-state index in [2.05, 4.69) is 181 Å². The van der Waals surface area contributed by atoms with Crippen LogP contribution >= 0.6 is 0 Å². The first kappa shape index (κ1) is 39.3. The van der Waals surface area contributed by atoms with E-state index < -0.39 is 7.32 Å². The Labute approximate surface area is 382 Å². The van der Waals surface area contributed by atoms with E-state index in [4.69, 9.17) is 14.0 Å². The predicted molar refractivity (Wildman–Crippen MR) is 277 cm³/mol. The van der Waals surface area contributed by atoms with Crippen LogP contribution in [0, 0.1) is 6.92 Å². The zero-order chi connectivity index (χ0) is 44.1. The van der Waals surface area contributed by atoms with Gasteiger partial charge in [0.1, 0.15) is 23.1 Å². The Morgan fingerprint density at radius 1 is 0.379 bits per heavy atom. The molecular formula is C60H43BN2O3. The number of aryl methyl sites for hydroxylation is 2. The fourth-order valence-electron chi connectivity index (χ4n) is 9.63. The Kier molecular flexibility index (Phi) is 9.72. The van der Waals surface area contributed by atoms with E-state index in [1.165, 1.54) is 32.3 Å². The third-order valence-electron chi connectivity index (χ3n) is 12.8. The van der Waals surface area contributed by atoms with Crippen molar-refractivity contribution in [3.63, 3.8) is 0 Å². The number of nitrogens with one attached hydrogen (secondary N) is 1. The van der Waals surface area contributed by atoms with Gasteiger partial charge in [-0.2, -0.15) is 0 Å². The molecular weight excluding hydrogens is 807 g/mol. The molecule has 0 radical (unpaired) electrons. The maximum atomic E-state index is 7.07. The second kappa shape index (κ2) is 16.3. The maximum Gasteiger partial charge on any atom is 0.864 e. The average Bonchev–Trinajstić information content (AvgIpc) is 3.79. The van der Waals surface area contributed by atoms with Gasteiger partial charge in [-0.25, -0.2) is 4.98 Å². The third-order valence-corrected chi connectivity index (χ3v) is 12.8. The van der Waals surface area contributed by atoms with Crippen LogP contribution in [0.5, 0.6) is 17.2 Å². The molecule has 314 valence electrons. The summed E-state index contributed by atoms with van der Waals surface area (Å²) < 4.78 is 21.2. The van der Waals surface area contributed by atoms with Gasteiger partial charge in [-0.3, -0.25) is 0 Å². The summed E-state index contributed by atoms with van der Waals surface area (Å²) >= 11 is 0. The van der Waals surface area contributed by atoms with Crippen molar-refractivity contribution in [3.05, 3.63) is 218 Å². The van der Waals surface area contributed by atoms with Crippen molar-refractivity contribution in [2.45, 2.75) is 20.3 Å². The molecule has 1 aromatic heterocycles. The summed E-state index contributed by atoms with van der Waals surface area (Å²) in [4.78, 5) is 7.19. The van der Waals surface area contributed by atoms with Crippen molar-refractivity contribution < 1.29 is 14.0 Å². The molecule has 1 N–H and O–H groups in total. The van der Waals surface area contributed by atoms with Gasteiger partial charge in [-0.05, 0) is 142 Å². The van der Waals surface area contributed by atoms with Gasteiger partial charge in [-0.15, -0.1) is 0 Å². The lowest BCUT2D eigenvalue weighted by atomic mass is 9.96. The molecule has 0 atom stereocenters. The SMILES string of the molecule is CCc1ncc(C)[nH]1.c1ccc2cc3c(ccc4cccc(OB(Oc5cccc6ccc7cc8ccccc8cc7c56)Oc5cccc6ccc7cc8ccccc8cc7c56)c43)cc2c1. The third kappa shape index (κ3) is 7.13. The number of aromatic nitrogens is 2. The summed E-state index contributed by atoms with van der Waals surface area (Å²) in [6.45, 7) is 4.09. The standard InChI is InChI=1S/C54H33BO3.C6H10N2/c1-4-13-40-31-46-43(28-37(40)10-1)25-22-34-16-7-19-49(52(34)46)56-55(57-50-20-8-17-35-23-26-44-29-38-11-2-5-14-41(38)32-47(44)53(35)50)58-51-21-9-18-36-24-27-45-30-39-12-3-6-15-42(39)33-48(45)54(36)51;1-3-6-7-4-5(2)8-6/h1-33H;4H,3H2,1-2H3,(H,7,8). The van der Waals surface area contributed by atoms with Crippen LogP contribution in [0.4, 0.5) is 0 Å². The molecule has 0 saturated carbocycles. The molecule has 0 spiro atoms. The highest BCUT2D eigenvalue weighted by Gasteiger charge is 2.33. The summed E-state index contributed by atoms with van der Waals surface area (Å²) in [6.07, 6.45) is 2.84. The second-order valence-electron chi connectivity index (χ2n) is 17.0. The molecule has 0 bridgehead atoms. The lowest BCUT2D eigenvalue weighted by Crippen LogP contribution is -2.37. The first-order valence-corrected chi connectivity index (χ1v) is 22.6. The summed E-state index contributed by atoms with van der Waals surface area (Å²) in [5.41, 5.74) is 1.14. The van der Waals surface area contributed by atoms with Crippen molar-refractivity contribution >= 4 is 104 Å². The highest BCUT2D eigenvalue weighted by Crippen LogP contribution is 2.40. The number of benzene rings is 12. The lowest BCUT2D eigenvalue weighted by molar-refractivity contribution is 0.312. The molecule has 0 aliphatic carbocycles. The lowest BCUT2D eigenvalue weighted by Gasteiger charge is -2.21. The summed E-state index contributed by atoms with van der Waals surface area (Å²) in [5, 5.41) is 20.1. The van der Waals surface area contributed by atoms with E-state index in [1.807, 2.05) is 49.5 Å². The molecule has 66 heavy (non-hydrogen) atoms. The molecule has 0 aliphatic rings. The number of rotatable bonds is 7. The van der Waals surface area contributed by atoms with E-state index in [9.17, 15) is 0 Å². The van der Waals surface area contributed by atoms with Crippen molar-refractivity contribution in [2.24, 2.45) is 0 Å². The maximum absolute atomic E-state index is 7.07. The van der Waals surface area contributed by atoms with E-state index in [0.29, 0.717) is 17.2 Å². The van der Waals surface area contributed by atoms with Gasteiger partial charge >= 0.3 is 7.32 Å². The van der Waals surface area contributed by atoms with Crippen LogP contribution in [0.15, 0.2) is 206 Å². The Hall–Kier alpha value is -8.35. The number of nitrogens with zero attached hydrogens (tertiary/aromatic N) is 1. The van der Waals surface area contributed by atoms with Crippen LogP contribution < -0.4 is 14.0 Å². The first-order chi connectivity index (χ1) is 32.5. The van der Waals surface area contributed by atoms with E-state index in [0.717, 1.165) is 82.6 Å².